The maximum Gasteiger partial charge on any atom is 0.294 e. The summed E-state index contributed by atoms with van der Waals surface area (Å²) in [4.78, 5) is -0.286. The highest BCUT2D eigenvalue weighted by Crippen LogP contribution is 2.27. The summed E-state index contributed by atoms with van der Waals surface area (Å²) in [6, 6.07) is 5.36. The molecule has 8 heteroatoms. The lowest BCUT2D eigenvalue weighted by Gasteiger charge is -2.04. The molecule has 0 bridgehead atoms. The average Bonchev–Trinajstić information content (AvgIpc) is 2.56. The van der Waals surface area contributed by atoms with Gasteiger partial charge in [0.2, 0.25) is 5.88 Å². The molecule has 0 unspecified atom stereocenters. The first-order valence-corrected chi connectivity index (χ1v) is 6.36. The van der Waals surface area contributed by atoms with Gasteiger partial charge in [0.1, 0.15) is 5.69 Å². The van der Waals surface area contributed by atoms with Gasteiger partial charge in [-0.05, 0) is 25.1 Å². The van der Waals surface area contributed by atoms with Crippen molar-refractivity contribution in [1.82, 2.24) is 9.78 Å². The van der Waals surface area contributed by atoms with Crippen molar-refractivity contribution < 1.29 is 18.1 Å². The maximum absolute atomic E-state index is 11.0. The molecule has 7 nitrogen and oxygen atoms in total. The van der Waals surface area contributed by atoms with E-state index in [1.165, 1.54) is 24.3 Å². The van der Waals surface area contributed by atoms with Crippen LogP contribution in [0.3, 0.4) is 0 Å². The van der Waals surface area contributed by atoms with Crippen LogP contribution in [0.25, 0.3) is 5.69 Å². The Morgan fingerprint density at radius 1 is 1.39 bits per heavy atom. The molecular weight excluding hydrogens is 258 g/mol. The highest BCUT2D eigenvalue weighted by molar-refractivity contribution is 7.85. The second-order valence-electron chi connectivity index (χ2n) is 3.71. The van der Waals surface area contributed by atoms with Gasteiger partial charge in [0.05, 0.1) is 16.3 Å². The predicted octanol–water partition coefficient (Wildman–Crippen LogP) is 0.715. The van der Waals surface area contributed by atoms with Crippen LogP contribution < -0.4 is 5.73 Å². The summed E-state index contributed by atoms with van der Waals surface area (Å²) in [5.74, 6) is -0.278. The van der Waals surface area contributed by atoms with Crippen LogP contribution >= 0.6 is 0 Å². The second-order valence-corrected chi connectivity index (χ2v) is 5.13. The molecule has 0 fully saturated rings. The standard InChI is InChI=1S/C10H11N3O4S/c1-6-9(11)10(14)13(12-6)7-3-2-4-8(5-7)18(15,16)17/h2-5,14H,11H2,1H3,(H,15,16,17). The van der Waals surface area contributed by atoms with Crippen LogP contribution in [0.2, 0.25) is 0 Å². The largest absolute Gasteiger partial charge is 0.492 e. The molecule has 0 atom stereocenters. The fraction of sp³-hybridized carbons (Fsp3) is 0.100. The summed E-state index contributed by atoms with van der Waals surface area (Å²) in [6.07, 6.45) is 0. The molecule has 2 rings (SSSR count). The fourth-order valence-electron chi connectivity index (χ4n) is 1.48. The van der Waals surface area contributed by atoms with Crippen molar-refractivity contribution in [3.8, 4) is 11.6 Å². The summed E-state index contributed by atoms with van der Waals surface area (Å²) in [7, 11) is -4.30. The van der Waals surface area contributed by atoms with Crippen LogP contribution in [0.1, 0.15) is 5.69 Å². The maximum atomic E-state index is 11.0. The highest BCUT2D eigenvalue weighted by atomic mass is 32.2. The van der Waals surface area contributed by atoms with Crippen molar-refractivity contribution in [1.29, 1.82) is 0 Å². The Hall–Kier alpha value is -2.06. The average molecular weight is 269 g/mol. The molecule has 1 aromatic heterocycles. The van der Waals surface area contributed by atoms with Crippen LogP contribution in [0.15, 0.2) is 29.2 Å². The lowest BCUT2D eigenvalue weighted by Crippen LogP contribution is -2.01. The summed E-state index contributed by atoms with van der Waals surface area (Å²) < 4.78 is 32.1. The number of rotatable bonds is 2. The highest BCUT2D eigenvalue weighted by Gasteiger charge is 2.15. The van der Waals surface area contributed by atoms with Crippen LogP contribution in [0.5, 0.6) is 5.88 Å². The van der Waals surface area contributed by atoms with E-state index in [4.69, 9.17) is 10.3 Å². The Bertz CT molecular complexity index is 706. The van der Waals surface area contributed by atoms with Gasteiger partial charge in [0.15, 0.2) is 0 Å². The predicted molar refractivity (Wildman–Crippen MR) is 64.2 cm³/mol. The van der Waals surface area contributed by atoms with Gasteiger partial charge in [-0.3, -0.25) is 4.55 Å². The third kappa shape index (κ3) is 2.03. The second kappa shape index (κ2) is 4.00. The minimum atomic E-state index is -4.30. The first-order valence-electron chi connectivity index (χ1n) is 4.92. The SMILES string of the molecule is Cc1nn(-c2cccc(S(=O)(=O)O)c2)c(O)c1N. The summed E-state index contributed by atoms with van der Waals surface area (Å²) in [5.41, 5.74) is 6.38. The van der Waals surface area contributed by atoms with Crippen molar-refractivity contribution in [2.45, 2.75) is 11.8 Å². The van der Waals surface area contributed by atoms with E-state index < -0.39 is 10.1 Å². The Kier molecular flexibility index (Phi) is 2.76. The Labute approximate surface area is 103 Å². The molecule has 1 aromatic carbocycles. The van der Waals surface area contributed by atoms with E-state index in [1.807, 2.05) is 0 Å². The molecule has 0 saturated carbocycles. The van der Waals surface area contributed by atoms with Crippen molar-refractivity contribution in [2.75, 3.05) is 5.73 Å². The van der Waals surface area contributed by atoms with Gasteiger partial charge in [0, 0.05) is 0 Å². The zero-order valence-corrected chi connectivity index (χ0v) is 10.2. The summed E-state index contributed by atoms with van der Waals surface area (Å²) >= 11 is 0. The van der Waals surface area contributed by atoms with E-state index in [2.05, 4.69) is 5.10 Å². The van der Waals surface area contributed by atoms with Crippen LogP contribution in [0.4, 0.5) is 5.69 Å². The van der Waals surface area contributed by atoms with E-state index in [1.54, 1.807) is 6.92 Å². The molecule has 0 aliphatic rings. The molecule has 1 heterocycles. The van der Waals surface area contributed by atoms with Crippen molar-refractivity contribution >= 4 is 15.8 Å². The molecule has 2 aromatic rings. The summed E-state index contributed by atoms with van der Waals surface area (Å²) in [6.45, 7) is 1.61. The number of hydrogen-bond donors (Lipinski definition) is 3. The lowest BCUT2D eigenvalue weighted by atomic mass is 10.3. The molecule has 0 saturated heterocycles. The first kappa shape index (κ1) is 12.4. The Morgan fingerprint density at radius 3 is 2.56 bits per heavy atom. The first-order chi connectivity index (χ1) is 8.30. The van der Waals surface area contributed by atoms with E-state index >= 15 is 0 Å². The smallest absolute Gasteiger partial charge is 0.294 e. The lowest BCUT2D eigenvalue weighted by molar-refractivity contribution is 0.435. The van der Waals surface area contributed by atoms with Crippen molar-refractivity contribution in [3.05, 3.63) is 30.0 Å². The van der Waals surface area contributed by atoms with Crippen molar-refractivity contribution in [2.24, 2.45) is 0 Å². The zero-order valence-electron chi connectivity index (χ0n) is 9.40. The Balaban J connectivity index is 2.62. The third-order valence-corrected chi connectivity index (χ3v) is 3.29. The van der Waals surface area contributed by atoms with E-state index in [0.29, 0.717) is 5.69 Å². The number of anilines is 1. The van der Waals surface area contributed by atoms with Crippen LogP contribution in [0, 0.1) is 6.92 Å². The molecule has 0 amide bonds. The topological polar surface area (TPSA) is 118 Å². The Morgan fingerprint density at radius 2 is 2.06 bits per heavy atom. The molecule has 0 radical (unpaired) electrons. The van der Waals surface area contributed by atoms with Gasteiger partial charge in [-0.25, -0.2) is 0 Å². The van der Waals surface area contributed by atoms with Gasteiger partial charge >= 0.3 is 0 Å². The summed E-state index contributed by atoms with van der Waals surface area (Å²) in [5, 5.41) is 13.7. The van der Waals surface area contributed by atoms with Gasteiger partial charge in [-0.2, -0.15) is 18.2 Å². The van der Waals surface area contributed by atoms with Gasteiger partial charge in [-0.1, -0.05) is 6.07 Å². The number of aryl methyl sites for hydroxylation is 1. The quantitative estimate of drug-likeness (QED) is 0.691. The molecule has 96 valence electrons. The number of aromatic nitrogens is 2. The normalized spacial score (nSPS) is 11.7. The van der Waals surface area contributed by atoms with Gasteiger partial charge < -0.3 is 10.8 Å². The van der Waals surface area contributed by atoms with E-state index in [0.717, 1.165) is 4.68 Å². The molecule has 4 N–H and O–H groups in total. The van der Waals surface area contributed by atoms with Gasteiger partial charge in [-0.15, -0.1) is 0 Å². The molecule has 0 aliphatic heterocycles. The molecule has 0 aliphatic carbocycles. The monoisotopic (exact) mass is 269 g/mol. The minimum Gasteiger partial charge on any atom is -0.492 e. The number of hydrogen-bond acceptors (Lipinski definition) is 5. The molecular formula is C10H11N3O4S. The number of aromatic hydroxyl groups is 1. The third-order valence-electron chi connectivity index (χ3n) is 2.44. The van der Waals surface area contributed by atoms with E-state index in [9.17, 15) is 13.5 Å². The molecule has 0 spiro atoms. The fourth-order valence-corrected chi connectivity index (χ4v) is 2.00. The number of nitrogens with zero attached hydrogens (tertiary/aromatic N) is 2. The van der Waals surface area contributed by atoms with Crippen molar-refractivity contribution in [3.63, 3.8) is 0 Å². The number of nitrogens with two attached hydrogens (primary N) is 1. The van der Waals surface area contributed by atoms with Gasteiger partial charge in [0.25, 0.3) is 10.1 Å². The zero-order chi connectivity index (χ0) is 13.5. The number of nitrogen functional groups attached to an aromatic ring is 1. The van der Waals surface area contributed by atoms with Crippen LogP contribution in [-0.2, 0) is 10.1 Å². The molecule has 18 heavy (non-hydrogen) atoms. The minimum absolute atomic E-state index is 0.118. The van der Waals surface area contributed by atoms with Crippen LogP contribution in [-0.4, -0.2) is 27.9 Å². The van der Waals surface area contributed by atoms with E-state index in [-0.39, 0.29) is 22.2 Å². The number of benzene rings is 1.